The second kappa shape index (κ2) is 8.12. The highest BCUT2D eigenvalue weighted by atomic mass is 16.3. The highest BCUT2D eigenvalue weighted by molar-refractivity contribution is 5.11. The Labute approximate surface area is 180 Å². The lowest BCUT2D eigenvalue weighted by Crippen LogP contribution is -2.58. The Morgan fingerprint density at radius 3 is 2.21 bits per heavy atom. The zero-order valence-corrected chi connectivity index (χ0v) is 19.9. The van der Waals surface area contributed by atoms with Gasteiger partial charge < -0.3 is 10.2 Å². The van der Waals surface area contributed by atoms with Crippen molar-refractivity contribution >= 4 is 0 Å². The molecule has 0 radical (unpaired) electrons. The number of aliphatic hydroxyl groups is 2. The predicted octanol–water partition coefficient (Wildman–Crippen LogP) is 6.44. The summed E-state index contributed by atoms with van der Waals surface area (Å²) in [6.45, 7) is 12.4. The van der Waals surface area contributed by atoms with Crippen LogP contribution in [-0.2, 0) is 0 Å². The Morgan fingerprint density at radius 2 is 1.48 bits per heavy atom. The lowest BCUT2D eigenvalue weighted by atomic mass is 9.44. The van der Waals surface area contributed by atoms with Gasteiger partial charge in [-0.1, -0.05) is 53.9 Å². The maximum absolute atomic E-state index is 11.2. The molecule has 0 aromatic heterocycles. The first-order chi connectivity index (χ1) is 13.7. The minimum Gasteiger partial charge on any atom is -0.393 e. The normalized spacial score (nSPS) is 50.7. The first kappa shape index (κ1) is 22.1. The first-order valence-corrected chi connectivity index (χ1v) is 13.0. The van der Waals surface area contributed by atoms with Crippen molar-refractivity contribution in [3.8, 4) is 0 Å². The van der Waals surface area contributed by atoms with Crippen LogP contribution >= 0.6 is 0 Å². The molecule has 0 amide bonds. The van der Waals surface area contributed by atoms with Crippen LogP contribution in [0.1, 0.15) is 105 Å². The molecule has 0 heterocycles. The van der Waals surface area contributed by atoms with Crippen molar-refractivity contribution in [2.45, 2.75) is 117 Å². The lowest BCUT2D eigenvalue weighted by molar-refractivity contribution is -0.172. The summed E-state index contributed by atoms with van der Waals surface area (Å²) in [5, 5.41) is 21.4. The van der Waals surface area contributed by atoms with Crippen LogP contribution in [0.4, 0.5) is 0 Å². The summed E-state index contributed by atoms with van der Waals surface area (Å²) in [6.07, 6.45) is 13.3. The van der Waals surface area contributed by atoms with Crippen LogP contribution in [0.5, 0.6) is 0 Å². The second-order valence-electron chi connectivity index (χ2n) is 12.8. The quantitative estimate of drug-likeness (QED) is 0.553. The molecule has 4 aliphatic rings. The van der Waals surface area contributed by atoms with Crippen molar-refractivity contribution in [2.75, 3.05) is 0 Å². The third kappa shape index (κ3) is 3.73. The van der Waals surface area contributed by atoms with Crippen LogP contribution in [0.25, 0.3) is 0 Å². The smallest absolute Gasteiger partial charge is 0.0577 e. The molecule has 0 aromatic carbocycles. The Hall–Kier alpha value is -0.0800. The molecule has 0 bridgehead atoms. The zero-order valence-electron chi connectivity index (χ0n) is 19.9. The van der Waals surface area contributed by atoms with Crippen LogP contribution in [0.2, 0.25) is 0 Å². The maximum Gasteiger partial charge on any atom is 0.0577 e. The van der Waals surface area contributed by atoms with E-state index in [2.05, 4.69) is 34.6 Å². The van der Waals surface area contributed by atoms with E-state index in [1.165, 1.54) is 44.9 Å². The number of rotatable bonds is 5. The summed E-state index contributed by atoms with van der Waals surface area (Å²) in [6, 6.07) is 0. The molecule has 4 aliphatic carbocycles. The van der Waals surface area contributed by atoms with Gasteiger partial charge in [0.25, 0.3) is 0 Å². The minimum absolute atomic E-state index is 0.185. The SMILES string of the molecule is CC(C)CCC[C@H](C)[C@@H]1CC[C@H]2[C@H]3CC(O)[C@@H]4CC(O)CC[C@@]4(C)[C@H]3CC[C@@]21C. The van der Waals surface area contributed by atoms with Crippen LogP contribution in [0.3, 0.4) is 0 Å². The van der Waals surface area contributed by atoms with E-state index in [-0.39, 0.29) is 17.6 Å². The van der Waals surface area contributed by atoms with E-state index < -0.39 is 0 Å². The van der Waals surface area contributed by atoms with E-state index in [4.69, 9.17) is 0 Å². The summed E-state index contributed by atoms with van der Waals surface area (Å²) in [5.41, 5.74) is 0.749. The van der Waals surface area contributed by atoms with Crippen molar-refractivity contribution in [1.29, 1.82) is 0 Å². The topological polar surface area (TPSA) is 40.5 Å². The Morgan fingerprint density at radius 1 is 0.793 bits per heavy atom. The maximum atomic E-state index is 11.2. The predicted molar refractivity (Wildman–Crippen MR) is 120 cm³/mol. The van der Waals surface area contributed by atoms with Crippen molar-refractivity contribution in [2.24, 2.45) is 52.3 Å². The number of hydrogen-bond donors (Lipinski definition) is 2. The van der Waals surface area contributed by atoms with Gasteiger partial charge in [-0.25, -0.2) is 0 Å². The fourth-order valence-corrected chi connectivity index (χ4v) is 9.30. The average Bonchev–Trinajstić information content (AvgIpc) is 3.00. The molecule has 2 heteroatoms. The van der Waals surface area contributed by atoms with E-state index in [0.717, 1.165) is 55.3 Å². The largest absolute Gasteiger partial charge is 0.393 e. The molecule has 2 nitrogen and oxygen atoms in total. The Kier molecular flexibility index (Phi) is 6.19. The standard InChI is InChI=1S/C27H48O2/c1-17(2)7-6-8-18(3)21-9-10-22-20-16-25(29)24-15-19(28)11-13-27(24,5)23(20)12-14-26(21,22)4/h17-25,28-29H,6-16H2,1-5H3/t18-,19?,20+,21-,22-,23-,24-,25?,26+,27-/m0/s1. The number of hydrogen-bond acceptors (Lipinski definition) is 2. The molecule has 168 valence electrons. The van der Waals surface area contributed by atoms with Crippen molar-refractivity contribution in [3.63, 3.8) is 0 Å². The molecule has 0 aliphatic heterocycles. The molecule has 4 saturated carbocycles. The average molecular weight is 405 g/mol. The Balaban J connectivity index is 1.50. The summed E-state index contributed by atoms with van der Waals surface area (Å²) in [5.74, 6) is 5.20. The van der Waals surface area contributed by atoms with E-state index in [1.807, 2.05) is 0 Å². The third-order valence-corrected chi connectivity index (χ3v) is 10.9. The highest BCUT2D eigenvalue weighted by Crippen LogP contribution is 2.68. The summed E-state index contributed by atoms with van der Waals surface area (Å²) < 4.78 is 0. The third-order valence-electron chi connectivity index (χ3n) is 10.9. The summed E-state index contributed by atoms with van der Waals surface area (Å²) >= 11 is 0. The zero-order chi connectivity index (χ0) is 21.0. The van der Waals surface area contributed by atoms with Gasteiger partial charge in [-0.15, -0.1) is 0 Å². The summed E-state index contributed by atoms with van der Waals surface area (Å²) in [7, 11) is 0. The number of fused-ring (bicyclic) bond motifs is 5. The van der Waals surface area contributed by atoms with E-state index in [1.54, 1.807) is 0 Å². The number of aliphatic hydroxyl groups excluding tert-OH is 2. The molecule has 10 atom stereocenters. The second-order valence-corrected chi connectivity index (χ2v) is 12.8. The first-order valence-electron chi connectivity index (χ1n) is 13.0. The van der Waals surface area contributed by atoms with Gasteiger partial charge in [0, 0.05) is 0 Å². The van der Waals surface area contributed by atoms with Gasteiger partial charge in [0.1, 0.15) is 0 Å². The molecule has 0 aromatic rings. The monoisotopic (exact) mass is 404 g/mol. The summed E-state index contributed by atoms with van der Waals surface area (Å²) in [4.78, 5) is 0. The lowest BCUT2D eigenvalue weighted by Gasteiger charge is -2.62. The van der Waals surface area contributed by atoms with Gasteiger partial charge >= 0.3 is 0 Å². The van der Waals surface area contributed by atoms with E-state index in [9.17, 15) is 10.2 Å². The van der Waals surface area contributed by atoms with E-state index >= 15 is 0 Å². The molecular weight excluding hydrogens is 356 g/mol. The highest BCUT2D eigenvalue weighted by Gasteiger charge is 2.62. The van der Waals surface area contributed by atoms with Gasteiger partial charge in [0.05, 0.1) is 12.2 Å². The van der Waals surface area contributed by atoms with Gasteiger partial charge in [-0.3, -0.25) is 0 Å². The molecular formula is C27H48O2. The van der Waals surface area contributed by atoms with Crippen molar-refractivity contribution in [3.05, 3.63) is 0 Å². The fourth-order valence-electron chi connectivity index (χ4n) is 9.30. The van der Waals surface area contributed by atoms with Crippen molar-refractivity contribution < 1.29 is 10.2 Å². The van der Waals surface area contributed by atoms with Crippen LogP contribution in [0, 0.1) is 52.3 Å². The van der Waals surface area contributed by atoms with Gasteiger partial charge in [0.15, 0.2) is 0 Å². The van der Waals surface area contributed by atoms with Crippen LogP contribution < -0.4 is 0 Å². The molecule has 4 fully saturated rings. The van der Waals surface area contributed by atoms with Gasteiger partial charge in [-0.05, 0) is 104 Å². The molecule has 0 saturated heterocycles. The van der Waals surface area contributed by atoms with Crippen LogP contribution in [0.15, 0.2) is 0 Å². The Bertz CT molecular complexity index is 573. The fraction of sp³-hybridized carbons (Fsp3) is 1.00. The van der Waals surface area contributed by atoms with Gasteiger partial charge in [-0.2, -0.15) is 0 Å². The molecule has 2 unspecified atom stereocenters. The molecule has 4 rings (SSSR count). The molecule has 0 spiro atoms. The molecule has 29 heavy (non-hydrogen) atoms. The molecule has 2 N–H and O–H groups in total. The van der Waals surface area contributed by atoms with Gasteiger partial charge in [0.2, 0.25) is 0 Å². The van der Waals surface area contributed by atoms with Crippen molar-refractivity contribution in [1.82, 2.24) is 0 Å². The minimum atomic E-state index is -0.193. The van der Waals surface area contributed by atoms with E-state index in [0.29, 0.717) is 17.3 Å². The van der Waals surface area contributed by atoms with Crippen LogP contribution in [-0.4, -0.2) is 22.4 Å².